The molecular formula is C39H47F2N5O10S. The van der Waals surface area contributed by atoms with Gasteiger partial charge in [0.1, 0.15) is 23.7 Å². The molecule has 4 amide bonds. The monoisotopic (exact) mass is 815 g/mol. The number of fused-ring (bicyclic) bond motifs is 5. The zero-order valence-corrected chi connectivity index (χ0v) is 32.7. The molecule has 1 aromatic heterocycles. The maximum absolute atomic E-state index is 14.8. The summed E-state index contributed by atoms with van der Waals surface area (Å²) < 4.78 is 77.2. The van der Waals surface area contributed by atoms with E-state index in [4.69, 9.17) is 14.2 Å². The first-order valence-corrected chi connectivity index (χ1v) is 21.1. The number of sulfonamides is 1. The zero-order valence-electron chi connectivity index (χ0n) is 31.9. The highest BCUT2D eigenvalue weighted by molar-refractivity contribution is 7.91. The third-order valence-corrected chi connectivity index (χ3v) is 13.9. The van der Waals surface area contributed by atoms with E-state index >= 15 is 0 Å². The summed E-state index contributed by atoms with van der Waals surface area (Å²) in [6, 6.07) is 1.93. The van der Waals surface area contributed by atoms with Crippen molar-refractivity contribution in [1.82, 2.24) is 25.2 Å². The van der Waals surface area contributed by atoms with Crippen molar-refractivity contribution in [2.45, 2.75) is 114 Å². The largest absolute Gasteiger partial charge is 0.586 e. The first-order valence-electron chi connectivity index (χ1n) is 19.6. The Hall–Kier alpha value is -4.74. The van der Waals surface area contributed by atoms with E-state index in [2.05, 4.69) is 25.1 Å². The van der Waals surface area contributed by atoms with Crippen LogP contribution in [0.2, 0.25) is 0 Å². The van der Waals surface area contributed by atoms with Gasteiger partial charge in [-0.2, -0.15) is 0 Å². The lowest BCUT2D eigenvalue weighted by molar-refractivity contribution is -0.286. The Bertz CT molecular complexity index is 2130. The second-order valence-corrected chi connectivity index (χ2v) is 19.0. The fourth-order valence-corrected chi connectivity index (χ4v) is 9.51. The van der Waals surface area contributed by atoms with E-state index in [1.807, 2.05) is 32.9 Å². The Morgan fingerprint density at radius 2 is 1.84 bits per heavy atom. The molecule has 0 spiro atoms. The highest BCUT2D eigenvalue weighted by Crippen LogP contribution is 2.48. The van der Waals surface area contributed by atoms with Crippen LogP contribution in [0.25, 0.3) is 10.8 Å². The van der Waals surface area contributed by atoms with Crippen molar-refractivity contribution in [2.75, 3.05) is 13.2 Å². The molecule has 4 heterocycles. The predicted octanol–water partition coefficient (Wildman–Crippen LogP) is 4.30. The molecule has 6 aliphatic rings. The van der Waals surface area contributed by atoms with E-state index in [0.717, 1.165) is 19.3 Å². The number of hydrogen-bond acceptors (Lipinski definition) is 11. The molecule has 57 heavy (non-hydrogen) atoms. The number of halogens is 2. The number of rotatable bonds is 8. The maximum Gasteiger partial charge on any atom is 0.586 e. The molecule has 7 atom stereocenters. The number of alkyl carbamates (subject to hydrolysis) is 1. The van der Waals surface area contributed by atoms with Crippen molar-refractivity contribution in [2.24, 2.45) is 23.2 Å². The molecule has 1 unspecified atom stereocenters. The number of allylic oxidation sites excluding steroid dienone is 1. The van der Waals surface area contributed by atoms with Crippen molar-refractivity contribution in [3.05, 3.63) is 36.5 Å². The Labute approximate surface area is 328 Å². The molecule has 2 aromatic rings. The average molecular weight is 816 g/mol. The Balaban J connectivity index is 1.11. The number of alkyl halides is 2. The van der Waals surface area contributed by atoms with Crippen molar-refractivity contribution in [3.8, 4) is 17.4 Å². The smallest absolute Gasteiger partial charge is 0.472 e. The Morgan fingerprint density at radius 3 is 2.58 bits per heavy atom. The van der Waals surface area contributed by atoms with E-state index < -0.39 is 80.9 Å². The van der Waals surface area contributed by atoms with E-state index in [9.17, 15) is 36.4 Å². The first-order chi connectivity index (χ1) is 27.0. The number of benzene rings is 1. The van der Waals surface area contributed by atoms with Gasteiger partial charge in [0, 0.05) is 34.7 Å². The molecule has 3 N–H and O–H groups in total. The SMILES string of the molecule is C[C@H]1CC/C=C\C2C[C@@]2(C(=O)NS(=O)(=O)C2CC2)NC(=O)[C@@H]2C[C@@H](Oc3nccc4c5c(ccc34)OC(F)(F)O5)CN2C(=O)[C@@H](NC(=O)OCC2(C)CC2)[C@H](C)C1. The standard InChI is InChI=1S/C39H47F2N5O10S/c1-21-6-4-5-7-23-18-38(23,35(49)45-57(51,52)25-8-9-25)44-32(47)28-17-24(54-33-27-10-11-29-31(26(27)12-15-42-33)56-39(40,41)55-29)19-46(28)34(48)30(22(2)16-21)43-36(50)53-20-37(3)13-14-37/h5,7,10-12,15,21-25,28,30H,4,6,8-9,13-14,16-20H2,1-3H3,(H,43,50)(H,44,47)(H,45,49)/b7-5-/t21-,22+,23?,24+,28-,30-,38+/m0/s1. The molecule has 0 bridgehead atoms. The van der Waals surface area contributed by atoms with E-state index in [-0.39, 0.29) is 60.1 Å². The summed E-state index contributed by atoms with van der Waals surface area (Å²) in [6.07, 6.45) is 4.32. The van der Waals surface area contributed by atoms with Gasteiger partial charge in [-0.25, -0.2) is 18.2 Å². The quantitative estimate of drug-likeness (QED) is 0.322. The van der Waals surface area contributed by atoms with Crippen LogP contribution in [0.15, 0.2) is 36.5 Å². The second-order valence-electron chi connectivity index (χ2n) is 17.0. The molecule has 0 radical (unpaired) electrons. The maximum atomic E-state index is 14.8. The molecule has 308 valence electrons. The number of carbonyl (C=O) groups excluding carboxylic acids is 4. The molecule has 3 saturated carbocycles. The summed E-state index contributed by atoms with van der Waals surface area (Å²) in [6.45, 7) is 5.96. The molecular weight excluding hydrogens is 769 g/mol. The summed E-state index contributed by atoms with van der Waals surface area (Å²) in [5.41, 5.74) is -1.68. The van der Waals surface area contributed by atoms with Crippen LogP contribution < -0.4 is 29.6 Å². The van der Waals surface area contributed by atoms with Crippen molar-refractivity contribution in [3.63, 3.8) is 0 Å². The number of aromatic nitrogens is 1. The molecule has 1 saturated heterocycles. The number of carbonyl (C=O) groups is 4. The number of ether oxygens (including phenoxy) is 4. The number of amides is 4. The van der Waals surface area contributed by atoms with Gasteiger partial charge < -0.3 is 34.5 Å². The Kier molecular flexibility index (Phi) is 9.79. The van der Waals surface area contributed by atoms with E-state index in [1.54, 1.807) is 0 Å². The summed E-state index contributed by atoms with van der Waals surface area (Å²) in [5, 5.41) is 5.51. The minimum Gasteiger partial charge on any atom is -0.472 e. The van der Waals surface area contributed by atoms with Gasteiger partial charge in [-0.1, -0.05) is 32.9 Å². The highest BCUT2D eigenvalue weighted by atomic mass is 32.2. The first kappa shape index (κ1) is 39.1. The second kappa shape index (κ2) is 14.3. The van der Waals surface area contributed by atoms with Gasteiger partial charge in [0.25, 0.3) is 5.91 Å². The van der Waals surface area contributed by atoms with Crippen LogP contribution in [0.3, 0.4) is 0 Å². The lowest BCUT2D eigenvalue weighted by Crippen LogP contribution is -2.59. The van der Waals surface area contributed by atoms with E-state index in [0.29, 0.717) is 31.1 Å². The van der Waals surface area contributed by atoms with Gasteiger partial charge in [0.15, 0.2) is 11.5 Å². The van der Waals surface area contributed by atoms with Crippen LogP contribution in [0.1, 0.15) is 78.6 Å². The third-order valence-electron chi connectivity index (χ3n) is 12.1. The van der Waals surface area contributed by atoms with Crippen LogP contribution in [0.5, 0.6) is 17.4 Å². The molecule has 15 nitrogen and oxygen atoms in total. The summed E-state index contributed by atoms with van der Waals surface area (Å²) in [4.78, 5) is 61.9. The molecule has 3 aliphatic heterocycles. The van der Waals surface area contributed by atoms with Crippen LogP contribution in [0, 0.1) is 23.2 Å². The number of nitrogens with zero attached hydrogens (tertiary/aromatic N) is 2. The van der Waals surface area contributed by atoms with Crippen LogP contribution in [0.4, 0.5) is 13.6 Å². The molecule has 3 aliphatic carbocycles. The van der Waals surface area contributed by atoms with Crippen molar-refractivity contribution in [1.29, 1.82) is 0 Å². The number of nitrogens with one attached hydrogen (secondary N) is 3. The van der Waals surface area contributed by atoms with E-state index in [1.165, 1.54) is 29.3 Å². The van der Waals surface area contributed by atoms with Gasteiger partial charge in [-0.15, -0.1) is 8.78 Å². The summed E-state index contributed by atoms with van der Waals surface area (Å²) in [7, 11) is -3.95. The fourth-order valence-electron chi connectivity index (χ4n) is 8.15. The minimum absolute atomic E-state index is 0.0252. The molecule has 4 fully saturated rings. The van der Waals surface area contributed by atoms with Crippen molar-refractivity contribution >= 4 is 44.6 Å². The molecule has 18 heteroatoms. The van der Waals surface area contributed by atoms with Crippen LogP contribution >= 0.6 is 0 Å². The van der Waals surface area contributed by atoms with Crippen LogP contribution in [-0.2, 0) is 29.1 Å². The van der Waals surface area contributed by atoms with Gasteiger partial charge >= 0.3 is 12.4 Å². The van der Waals surface area contributed by atoms with Gasteiger partial charge in [0.2, 0.25) is 27.7 Å². The van der Waals surface area contributed by atoms with Gasteiger partial charge in [-0.3, -0.25) is 19.1 Å². The summed E-state index contributed by atoms with van der Waals surface area (Å²) in [5.74, 6) is -3.23. The molecule has 8 rings (SSSR count). The Morgan fingerprint density at radius 1 is 1.07 bits per heavy atom. The normalized spacial score (nSPS) is 32.1. The highest BCUT2D eigenvalue weighted by Gasteiger charge is 2.62. The summed E-state index contributed by atoms with van der Waals surface area (Å²) >= 11 is 0. The van der Waals surface area contributed by atoms with Gasteiger partial charge in [-0.05, 0) is 81.4 Å². The third kappa shape index (κ3) is 8.06. The van der Waals surface area contributed by atoms with Gasteiger partial charge in [0.05, 0.1) is 18.4 Å². The zero-order chi connectivity index (χ0) is 40.5. The topological polar surface area (TPSA) is 192 Å². The lowest BCUT2D eigenvalue weighted by Gasteiger charge is -2.32. The number of hydrogen-bond donors (Lipinski definition) is 3. The average Bonchev–Trinajstić information content (AvgIpc) is 4.10. The lowest BCUT2D eigenvalue weighted by atomic mass is 9.88. The fraction of sp³-hybridized carbons (Fsp3) is 0.615. The predicted molar refractivity (Wildman–Crippen MR) is 198 cm³/mol. The van der Waals surface area contributed by atoms with Crippen LogP contribution in [-0.4, -0.2) is 90.5 Å². The minimum atomic E-state index is -3.95. The van der Waals surface area contributed by atoms with Crippen molar-refractivity contribution < 1.29 is 55.3 Å². The number of pyridine rings is 1. The molecule has 1 aromatic carbocycles.